The molecule has 0 radical (unpaired) electrons. The second-order valence-electron chi connectivity index (χ2n) is 3.13. The molecule has 2 N–H and O–H groups in total. The average Bonchev–Trinajstić information content (AvgIpc) is 2.29. The third-order valence-corrected chi connectivity index (χ3v) is 2.24. The van der Waals surface area contributed by atoms with Gasteiger partial charge in [0.25, 0.3) is 0 Å². The van der Waals surface area contributed by atoms with Crippen LogP contribution in [0.5, 0.6) is 23.0 Å². The van der Waals surface area contributed by atoms with Gasteiger partial charge in [0.15, 0.2) is 17.3 Å². The molecule has 0 aliphatic heterocycles. The van der Waals surface area contributed by atoms with Crippen LogP contribution < -0.4 is 9.47 Å². The predicted molar refractivity (Wildman–Crippen MR) is 57.5 cm³/mol. The fourth-order valence-electron chi connectivity index (χ4n) is 1.37. The number of phenolic OH excluding ortho intramolecular Hbond substituents is 2. The zero-order valence-corrected chi connectivity index (χ0v) is 9.40. The van der Waals surface area contributed by atoms with E-state index in [1.165, 1.54) is 20.3 Å². The van der Waals surface area contributed by atoms with E-state index in [0.717, 1.165) is 0 Å². The first-order chi connectivity index (χ1) is 7.56. The highest BCUT2D eigenvalue weighted by atomic mass is 16.5. The van der Waals surface area contributed by atoms with E-state index in [4.69, 9.17) is 9.47 Å². The van der Waals surface area contributed by atoms with Crippen molar-refractivity contribution in [2.24, 2.45) is 0 Å². The minimum Gasteiger partial charge on any atom is -0.504 e. The van der Waals surface area contributed by atoms with Crippen molar-refractivity contribution in [1.82, 2.24) is 0 Å². The first-order valence-electron chi connectivity index (χ1n) is 4.76. The van der Waals surface area contributed by atoms with Crippen LogP contribution >= 0.6 is 0 Å². The van der Waals surface area contributed by atoms with Crippen molar-refractivity contribution in [2.75, 3.05) is 14.2 Å². The van der Waals surface area contributed by atoms with Crippen LogP contribution in [-0.4, -0.2) is 30.2 Å². The zero-order chi connectivity index (χ0) is 12.3. The molecule has 0 aliphatic rings. The molecular weight excluding hydrogens is 212 g/mol. The summed E-state index contributed by atoms with van der Waals surface area (Å²) in [5.74, 6) is -1.01. The van der Waals surface area contributed by atoms with Crippen molar-refractivity contribution >= 4 is 5.78 Å². The first-order valence-corrected chi connectivity index (χ1v) is 4.76. The molecule has 0 heterocycles. The average molecular weight is 226 g/mol. The fourth-order valence-corrected chi connectivity index (χ4v) is 1.37. The van der Waals surface area contributed by atoms with Gasteiger partial charge in [0.1, 0.15) is 0 Å². The minimum atomic E-state index is -0.368. The number of methoxy groups -OCH3 is 2. The smallest absolute Gasteiger partial charge is 0.207 e. The number of ketones is 1. The normalized spacial score (nSPS) is 9.94. The number of hydrogen-bond donors (Lipinski definition) is 2. The Hall–Kier alpha value is -1.91. The van der Waals surface area contributed by atoms with E-state index in [1.807, 2.05) is 0 Å². The lowest BCUT2D eigenvalue weighted by Crippen LogP contribution is -2.00. The summed E-state index contributed by atoms with van der Waals surface area (Å²) in [5.41, 5.74) is 0.0778. The van der Waals surface area contributed by atoms with Crippen molar-refractivity contribution in [2.45, 2.75) is 13.3 Å². The Kier molecular flexibility index (Phi) is 3.60. The van der Waals surface area contributed by atoms with Crippen LogP contribution in [0.4, 0.5) is 0 Å². The highest BCUT2D eigenvalue weighted by molar-refractivity contribution is 6.00. The van der Waals surface area contributed by atoms with Gasteiger partial charge in [-0.2, -0.15) is 0 Å². The molecule has 5 heteroatoms. The standard InChI is InChI=1S/C11H14O5/c1-4-7(12)6-5-8(15-2)10(14)11(16-3)9(6)13/h5,13-14H,4H2,1-3H3. The van der Waals surface area contributed by atoms with Gasteiger partial charge in [0, 0.05) is 6.42 Å². The summed E-state index contributed by atoms with van der Waals surface area (Å²) in [6, 6.07) is 1.29. The number of Topliss-reactive ketones (excluding diaryl/α,β-unsaturated/α-hetero) is 1. The van der Waals surface area contributed by atoms with Gasteiger partial charge < -0.3 is 19.7 Å². The SMILES string of the molecule is CCC(=O)c1cc(OC)c(O)c(OC)c1O. The maximum absolute atomic E-state index is 11.5. The number of benzene rings is 1. The molecule has 0 atom stereocenters. The van der Waals surface area contributed by atoms with E-state index in [-0.39, 0.29) is 40.8 Å². The Morgan fingerprint density at radius 1 is 1.25 bits per heavy atom. The Morgan fingerprint density at radius 3 is 2.31 bits per heavy atom. The molecule has 16 heavy (non-hydrogen) atoms. The molecule has 0 saturated heterocycles. The number of rotatable bonds is 4. The van der Waals surface area contributed by atoms with Crippen molar-refractivity contribution in [1.29, 1.82) is 0 Å². The molecule has 0 aliphatic carbocycles. The van der Waals surface area contributed by atoms with Crippen LogP contribution in [0.15, 0.2) is 6.07 Å². The lowest BCUT2D eigenvalue weighted by molar-refractivity contribution is 0.0984. The number of aromatic hydroxyl groups is 2. The van der Waals surface area contributed by atoms with E-state index < -0.39 is 0 Å². The summed E-state index contributed by atoms with van der Waals surface area (Å²) in [6.45, 7) is 1.67. The van der Waals surface area contributed by atoms with E-state index >= 15 is 0 Å². The summed E-state index contributed by atoms with van der Waals surface area (Å²) >= 11 is 0. The van der Waals surface area contributed by atoms with Gasteiger partial charge in [-0.15, -0.1) is 0 Å². The summed E-state index contributed by atoms with van der Waals surface area (Å²) in [5, 5.41) is 19.4. The molecule has 5 nitrogen and oxygen atoms in total. The quantitative estimate of drug-likeness (QED) is 0.764. The Labute approximate surface area is 93.2 Å². The lowest BCUT2D eigenvalue weighted by atomic mass is 10.1. The highest BCUT2D eigenvalue weighted by Crippen LogP contribution is 2.45. The van der Waals surface area contributed by atoms with Gasteiger partial charge >= 0.3 is 0 Å². The number of ether oxygens (including phenoxy) is 2. The molecule has 1 aromatic carbocycles. The van der Waals surface area contributed by atoms with E-state index in [0.29, 0.717) is 0 Å². The Balaban J connectivity index is 3.46. The maximum atomic E-state index is 11.5. The monoisotopic (exact) mass is 226 g/mol. The number of hydrogen-bond acceptors (Lipinski definition) is 5. The van der Waals surface area contributed by atoms with Gasteiger partial charge in [0.2, 0.25) is 11.5 Å². The molecule has 0 unspecified atom stereocenters. The van der Waals surface area contributed by atoms with Crippen LogP contribution in [0, 0.1) is 0 Å². The first kappa shape index (κ1) is 12.2. The molecule has 88 valence electrons. The van der Waals surface area contributed by atoms with Crippen molar-refractivity contribution in [3.05, 3.63) is 11.6 Å². The van der Waals surface area contributed by atoms with Crippen LogP contribution in [-0.2, 0) is 0 Å². The molecule has 1 rings (SSSR count). The van der Waals surface area contributed by atoms with Crippen molar-refractivity contribution < 1.29 is 24.5 Å². The molecule has 0 spiro atoms. The predicted octanol–water partition coefficient (Wildman–Crippen LogP) is 1.71. The van der Waals surface area contributed by atoms with E-state index in [9.17, 15) is 15.0 Å². The fraction of sp³-hybridized carbons (Fsp3) is 0.364. The summed E-state index contributed by atoms with van der Waals surface area (Å²) in [6.07, 6.45) is 0.241. The number of carbonyl (C=O) groups is 1. The Bertz CT molecular complexity index is 411. The molecule has 0 aromatic heterocycles. The van der Waals surface area contributed by atoms with Crippen molar-refractivity contribution in [3.8, 4) is 23.0 Å². The topological polar surface area (TPSA) is 76.0 Å². The van der Waals surface area contributed by atoms with E-state index in [2.05, 4.69) is 0 Å². The minimum absolute atomic E-state index is 0.0778. The number of carbonyl (C=O) groups excluding carboxylic acids is 1. The summed E-state index contributed by atoms with van der Waals surface area (Å²) < 4.78 is 9.71. The third kappa shape index (κ3) is 1.88. The molecule has 0 fully saturated rings. The van der Waals surface area contributed by atoms with Gasteiger partial charge in [-0.25, -0.2) is 0 Å². The van der Waals surface area contributed by atoms with Gasteiger partial charge in [-0.3, -0.25) is 4.79 Å². The number of phenols is 2. The second-order valence-corrected chi connectivity index (χ2v) is 3.13. The van der Waals surface area contributed by atoms with Crippen molar-refractivity contribution in [3.63, 3.8) is 0 Å². The molecule has 1 aromatic rings. The molecule has 0 bridgehead atoms. The molecule has 0 amide bonds. The second kappa shape index (κ2) is 4.74. The van der Waals surface area contributed by atoms with Crippen LogP contribution in [0.1, 0.15) is 23.7 Å². The summed E-state index contributed by atoms with van der Waals surface area (Å²) in [4.78, 5) is 11.5. The van der Waals surface area contributed by atoms with Crippen LogP contribution in [0.2, 0.25) is 0 Å². The summed E-state index contributed by atoms with van der Waals surface area (Å²) in [7, 11) is 2.64. The largest absolute Gasteiger partial charge is 0.504 e. The highest BCUT2D eigenvalue weighted by Gasteiger charge is 2.21. The van der Waals surface area contributed by atoms with Crippen LogP contribution in [0.25, 0.3) is 0 Å². The zero-order valence-electron chi connectivity index (χ0n) is 9.40. The third-order valence-electron chi connectivity index (χ3n) is 2.24. The van der Waals surface area contributed by atoms with Gasteiger partial charge in [-0.1, -0.05) is 6.92 Å². The molecule has 0 saturated carbocycles. The van der Waals surface area contributed by atoms with Crippen LogP contribution in [0.3, 0.4) is 0 Å². The lowest BCUT2D eigenvalue weighted by Gasteiger charge is -2.12. The van der Waals surface area contributed by atoms with E-state index in [1.54, 1.807) is 6.92 Å². The maximum Gasteiger partial charge on any atom is 0.207 e. The molecular formula is C11H14O5. The Morgan fingerprint density at radius 2 is 1.88 bits per heavy atom. The van der Waals surface area contributed by atoms with Gasteiger partial charge in [0.05, 0.1) is 19.8 Å². The van der Waals surface area contributed by atoms with Gasteiger partial charge in [-0.05, 0) is 6.07 Å².